The molecule has 2 heterocycles. The number of hydrogen-bond acceptors (Lipinski definition) is 5. The van der Waals surface area contributed by atoms with Crippen molar-refractivity contribution in [3.05, 3.63) is 127 Å². The Hall–Kier alpha value is -4.99. The average Bonchev–Trinajstić information content (AvgIpc) is 3.36. The topological polar surface area (TPSA) is 80.6 Å². The maximum absolute atomic E-state index is 14.2. The molecule has 0 aliphatic carbocycles. The third kappa shape index (κ3) is 4.93. The van der Waals surface area contributed by atoms with Crippen molar-refractivity contribution in [1.82, 2.24) is 9.29 Å². The van der Waals surface area contributed by atoms with Gasteiger partial charge in [-0.2, -0.15) is 0 Å². The molecule has 7 nitrogen and oxygen atoms in total. The number of ether oxygens (including phenoxy) is 1. The number of para-hydroxylation sites is 2. The summed E-state index contributed by atoms with van der Waals surface area (Å²) in [4.78, 5) is 28.6. The minimum absolute atomic E-state index is 0.0420. The van der Waals surface area contributed by atoms with E-state index in [0.29, 0.717) is 33.3 Å². The molecule has 1 fully saturated rings. The predicted octanol–water partition coefficient (Wildman–Crippen LogP) is 5.80. The van der Waals surface area contributed by atoms with Gasteiger partial charge in [-0.25, -0.2) is 4.21 Å². The highest BCUT2D eigenvalue weighted by atomic mass is 32.2. The Labute approximate surface area is 242 Å². The van der Waals surface area contributed by atoms with Crippen LogP contribution in [0.25, 0.3) is 17.0 Å². The van der Waals surface area contributed by atoms with Gasteiger partial charge in [0.15, 0.2) is 5.11 Å². The number of nitrogens with zero attached hydrogens (tertiary/aromatic N) is 2. The van der Waals surface area contributed by atoms with Crippen LogP contribution < -0.4 is 15.0 Å². The molecule has 202 valence electrons. The summed E-state index contributed by atoms with van der Waals surface area (Å²) in [5, 5.41) is 3.36. The van der Waals surface area contributed by atoms with Gasteiger partial charge in [0.05, 0.1) is 26.6 Å². The third-order valence-electron chi connectivity index (χ3n) is 6.57. The van der Waals surface area contributed by atoms with Gasteiger partial charge in [0.25, 0.3) is 11.8 Å². The Morgan fingerprint density at radius 3 is 2.12 bits per heavy atom. The van der Waals surface area contributed by atoms with E-state index in [1.165, 1.54) is 11.0 Å². The largest absolute Gasteiger partial charge is 0.457 e. The number of hydrogen-bond donors (Lipinski definition) is 1. The Kier molecular flexibility index (Phi) is 6.74. The van der Waals surface area contributed by atoms with E-state index in [9.17, 15) is 13.8 Å². The van der Waals surface area contributed by atoms with Gasteiger partial charge in [-0.1, -0.05) is 54.6 Å². The fraction of sp³-hybridized carbons (Fsp3) is 0. The first-order valence-electron chi connectivity index (χ1n) is 12.6. The summed E-state index contributed by atoms with van der Waals surface area (Å²) in [6.07, 6.45) is 1.44. The minimum atomic E-state index is -3.07. The number of aromatic nitrogens is 1. The van der Waals surface area contributed by atoms with E-state index >= 15 is 0 Å². The van der Waals surface area contributed by atoms with Crippen molar-refractivity contribution in [2.75, 3.05) is 4.90 Å². The van der Waals surface area contributed by atoms with Crippen molar-refractivity contribution in [2.45, 2.75) is 4.90 Å². The molecule has 0 bridgehead atoms. The lowest BCUT2D eigenvalue weighted by Gasteiger charge is -2.29. The van der Waals surface area contributed by atoms with Gasteiger partial charge in [-0.15, -0.1) is 0 Å². The lowest BCUT2D eigenvalue weighted by atomic mass is 10.1. The summed E-state index contributed by atoms with van der Waals surface area (Å²) >= 11 is 5.37. The zero-order valence-electron chi connectivity index (χ0n) is 21.6. The molecule has 1 atom stereocenters. The fourth-order valence-electron chi connectivity index (χ4n) is 4.65. The predicted molar refractivity (Wildman–Crippen MR) is 166 cm³/mol. The molecule has 0 saturated carbocycles. The number of fused-ring (bicyclic) bond motifs is 1. The van der Waals surface area contributed by atoms with E-state index in [0.717, 1.165) is 5.39 Å². The Morgan fingerprint density at radius 2 is 1.41 bits per heavy atom. The molecule has 9 heteroatoms. The molecule has 6 rings (SSSR count). The van der Waals surface area contributed by atoms with Crippen LogP contribution in [0.2, 0.25) is 0 Å². The van der Waals surface area contributed by atoms with Crippen molar-refractivity contribution in [2.24, 2.45) is 0 Å². The first-order valence-corrected chi connectivity index (χ1v) is 14.7. The van der Waals surface area contributed by atoms with Crippen molar-refractivity contribution in [3.63, 3.8) is 0 Å². The van der Waals surface area contributed by atoms with Crippen LogP contribution in [0.4, 0.5) is 5.69 Å². The van der Waals surface area contributed by atoms with Gasteiger partial charge in [0.1, 0.15) is 17.1 Å². The maximum Gasteiger partial charge on any atom is 0.270 e. The summed E-state index contributed by atoms with van der Waals surface area (Å²) in [5.41, 5.74) is 1.36. The molecule has 5 aromatic rings. The van der Waals surface area contributed by atoms with Crippen LogP contribution >= 0.6 is 12.2 Å². The summed E-state index contributed by atoms with van der Waals surface area (Å²) in [7, 11) is -3.07. The van der Waals surface area contributed by atoms with Crippen LogP contribution in [0.5, 0.6) is 11.5 Å². The van der Waals surface area contributed by atoms with Crippen LogP contribution in [0.15, 0.2) is 126 Å². The zero-order valence-corrected chi connectivity index (χ0v) is 23.2. The maximum atomic E-state index is 14.2. The number of amides is 2. The van der Waals surface area contributed by atoms with E-state index in [4.69, 9.17) is 17.0 Å². The van der Waals surface area contributed by atoms with Crippen LogP contribution in [0, 0.1) is 0 Å². The van der Waals surface area contributed by atoms with Crippen molar-refractivity contribution in [1.29, 1.82) is 0 Å². The SMILES string of the molecule is C=S(=O)(c1ccccc1)n1c(C=C2C(=O)NC(=S)N(c3ccc(Oc4ccccc4)cc3)C2=O)cc2ccccc21. The molecule has 0 spiro atoms. The summed E-state index contributed by atoms with van der Waals surface area (Å²) in [6, 6.07) is 34.2. The van der Waals surface area contributed by atoms with Crippen LogP contribution in [0.1, 0.15) is 5.69 Å². The highest BCUT2D eigenvalue weighted by Crippen LogP contribution is 2.30. The van der Waals surface area contributed by atoms with Gasteiger partial charge >= 0.3 is 0 Å². The molecular formula is C32H23N3O4S2. The first kappa shape index (κ1) is 26.2. The second kappa shape index (κ2) is 10.5. The molecule has 1 aromatic heterocycles. The number of nitrogens with one attached hydrogen (secondary N) is 1. The number of carbonyl (C=O) groups excluding carboxylic acids is 2. The number of rotatable bonds is 6. The number of carbonyl (C=O) groups is 2. The van der Waals surface area contributed by atoms with E-state index in [1.54, 1.807) is 58.6 Å². The number of thiocarbonyl (C=S) groups is 1. The molecule has 41 heavy (non-hydrogen) atoms. The molecular weight excluding hydrogens is 555 g/mol. The lowest BCUT2D eigenvalue weighted by molar-refractivity contribution is -0.122. The van der Waals surface area contributed by atoms with E-state index < -0.39 is 21.5 Å². The Balaban J connectivity index is 1.40. The van der Waals surface area contributed by atoms with Gasteiger partial charge in [0, 0.05) is 10.3 Å². The average molecular weight is 578 g/mol. The van der Waals surface area contributed by atoms with Crippen molar-refractivity contribution >= 4 is 67.4 Å². The second-order valence-electron chi connectivity index (χ2n) is 9.24. The second-order valence-corrected chi connectivity index (χ2v) is 11.7. The molecule has 0 radical (unpaired) electrons. The highest BCUT2D eigenvalue weighted by Gasteiger charge is 2.35. The van der Waals surface area contributed by atoms with Crippen LogP contribution in [0.3, 0.4) is 0 Å². The van der Waals surface area contributed by atoms with Crippen molar-refractivity contribution < 1.29 is 18.5 Å². The monoisotopic (exact) mass is 577 g/mol. The van der Waals surface area contributed by atoms with E-state index in [2.05, 4.69) is 11.2 Å². The normalized spacial score (nSPS) is 16.0. The number of anilines is 1. The van der Waals surface area contributed by atoms with Gasteiger partial charge in [-0.05, 0) is 84.8 Å². The zero-order chi connectivity index (χ0) is 28.6. The van der Waals surface area contributed by atoms with Gasteiger partial charge < -0.3 is 4.74 Å². The van der Waals surface area contributed by atoms with Crippen molar-refractivity contribution in [3.8, 4) is 11.5 Å². The summed E-state index contributed by atoms with van der Waals surface area (Å²) in [6.45, 7) is 0. The molecule has 2 amide bonds. The summed E-state index contributed by atoms with van der Waals surface area (Å²) < 4.78 is 21.6. The molecule has 1 N–H and O–H groups in total. The van der Waals surface area contributed by atoms with Gasteiger partial charge in [-0.3, -0.25) is 23.8 Å². The molecule has 1 saturated heterocycles. The Morgan fingerprint density at radius 1 is 0.805 bits per heavy atom. The Bertz CT molecular complexity index is 1950. The summed E-state index contributed by atoms with van der Waals surface area (Å²) in [5.74, 6) is 4.07. The van der Waals surface area contributed by atoms with Crippen LogP contribution in [-0.2, 0) is 19.3 Å². The molecule has 1 unspecified atom stereocenters. The van der Waals surface area contributed by atoms with E-state index in [1.807, 2.05) is 60.7 Å². The fourth-order valence-corrected chi connectivity index (χ4v) is 6.65. The number of benzene rings is 4. The quantitative estimate of drug-likeness (QED) is 0.157. The standard InChI is InChI=1S/C32H23N3O4S2/c1-41(38,27-13-6-3-7-14-27)35-24(20-22-10-8-9-15-29(22)35)21-28-30(36)33-32(40)34(31(28)37)23-16-18-26(19-17-23)39-25-11-4-2-5-12-25/h2-21H,1H2,(H,33,36,40). The highest BCUT2D eigenvalue weighted by molar-refractivity contribution is 7.99. The van der Waals surface area contributed by atoms with Gasteiger partial charge in [0.2, 0.25) is 0 Å². The smallest absolute Gasteiger partial charge is 0.270 e. The lowest BCUT2D eigenvalue weighted by Crippen LogP contribution is -2.54. The third-order valence-corrected chi connectivity index (χ3v) is 8.86. The first-order chi connectivity index (χ1) is 19.8. The molecule has 1 aliphatic rings. The molecule has 1 aliphatic heterocycles. The van der Waals surface area contributed by atoms with Crippen LogP contribution in [-0.4, -0.2) is 31.0 Å². The molecule has 4 aromatic carbocycles. The van der Waals surface area contributed by atoms with E-state index in [-0.39, 0.29) is 10.7 Å². The minimum Gasteiger partial charge on any atom is -0.457 e.